The van der Waals surface area contributed by atoms with Crippen LogP contribution in [0.5, 0.6) is 0 Å². The van der Waals surface area contributed by atoms with Gasteiger partial charge in [0.25, 0.3) is 0 Å². The smallest absolute Gasteiger partial charge is 0.299 e. The van der Waals surface area contributed by atoms with Crippen molar-refractivity contribution in [3.05, 3.63) is 47.8 Å². The third-order valence-corrected chi connectivity index (χ3v) is 4.12. The lowest BCUT2D eigenvalue weighted by Crippen LogP contribution is -2.29. The predicted octanol–water partition coefficient (Wildman–Crippen LogP) is 2.35. The largest absolute Gasteiger partial charge is 0.321 e. The standard InChI is InChI=1S/C17H20N4O3/c22-17(21(23)24)15-8-9-18-16(19-15)14-6-4-13(5-7-14)12-20-10-2-1-3-11-20/h4-9,23-24H,1-3,10-12H2. The second kappa shape index (κ2) is 7.48. The summed E-state index contributed by atoms with van der Waals surface area (Å²) in [5.74, 6) is -0.632. The second-order valence-corrected chi connectivity index (χ2v) is 5.89. The molecule has 7 heteroatoms. The number of likely N-dealkylation sites (tertiary alicyclic amines) is 1. The number of amides is 1. The zero-order valence-electron chi connectivity index (χ0n) is 13.3. The van der Waals surface area contributed by atoms with E-state index in [2.05, 4.69) is 14.9 Å². The molecule has 1 saturated heterocycles. The first-order valence-corrected chi connectivity index (χ1v) is 8.00. The molecule has 0 bridgehead atoms. The average molecular weight is 328 g/mol. The number of hydroxylamine groups is 2. The lowest BCUT2D eigenvalue weighted by atomic mass is 10.1. The topological polar surface area (TPSA) is 89.8 Å². The predicted molar refractivity (Wildman–Crippen MR) is 86.3 cm³/mol. The number of nitrogens with zero attached hydrogens (tertiary/aromatic N) is 4. The monoisotopic (exact) mass is 328 g/mol. The van der Waals surface area contributed by atoms with Gasteiger partial charge in [0.2, 0.25) is 0 Å². The zero-order valence-corrected chi connectivity index (χ0v) is 13.3. The number of benzene rings is 1. The summed E-state index contributed by atoms with van der Waals surface area (Å²) in [7, 11) is 0. The molecule has 1 aliphatic rings. The molecular formula is C17H20N4O3. The molecule has 0 spiro atoms. The van der Waals surface area contributed by atoms with E-state index in [9.17, 15) is 4.79 Å². The molecule has 3 rings (SSSR count). The van der Waals surface area contributed by atoms with E-state index in [4.69, 9.17) is 10.4 Å². The number of carbonyl (C=O) groups excluding carboxylic acids is 1. The molecule has 1 aromatic heterocycles. The van der Waals surface area contributed by atoms with Gasteiger partial charge in [0, 0.05) is 18.3 Å². The second-order valence-electron chi connectivity index (χ2n) is 5.89. The normalized spacial score (nSPS) is 15.2. The minimum Gasteiger partial charge on any atom is -0.299 e. The van der Waals surface area contributed by atoms with Crippen LogP contribution < -0.4 is 0 Å². The van der Waals surface area contributed by atoms with Crippen LogP contribution in [0.25, 0.3) is 11.4 Å². The molecule has 7 nitrogen and oxygen atoms in total. The van der Waals surface area contributed by atoms with Gasteiger partial charge in [0.15, 0.2) is 5.82 Å². The molecule has 1 aliphatic heterocycles. The van der Waals surface area contributed by atoms with Gasteiger partial charge < -0.3 is 0 Å². The van der Waals surface area contributed by atoms with Gasteiger partial charge in [-0.25, -0.2) is 9.97 Å². The summed E-state index contributed by atoms with van der Waals surface area (Å²) in [6, 6.07) is 9.23. The molecular weight excluding hydrogens is 308 g/mol. The van der Waals surface area contributed by atoms with Crippen molar-refractivity contribution in [1.29, 1.82) is 0 Å². The number of hydrogen-bond donors (Lipinski definition) is 2. The average Bonchev–Trinajstić information content (AvgIpc) is 2.62. The maximum Gasteiger partial charge on any atom is 0.321 e. The summed E-state index contributed by atoms with van der Waals surface area (Å²) in [5, 5.41) is 17.1. The molecule has 0 unspecified atom stereocenters. The quantitative estimate of drug-likeness (QED) is 0.661. The van der Waals surface area contributed by atoms with Crippen molar-refractivity contribution in [1.82, 2.24) is 20.1 Å². The van der Waals surface area contributed by atoms with Crippen LogP contribution in [0.3, 0.4) is 0 Å². The molecule has 2 heterocycles. The maximum absolute atomic E-state index is 11.5. The van der Waals surface area contributed by atoms with Gasteiger partial charge in [-0.3, -0.25) is 20.1 Å². The highest BCUT2D eigenvalue weighted by Crippen LogP contribution is 2.18. The highest BCUT2D eigenvalue weighted by Gasteiger charge is 2.15. The molecule has 126 valence electrons. The zero-order chi connectivity index (χ0) is 16.9. The summed E-state index contributed by atoms with van der Waals surface area (Å²) in [6.07, 6.45) is 5.26. The van der Waals surface area contributed by atoms with Crippen LogP contribution in [-0.2, 0) is 6.54 Å². The third kappa shape index (κ3) is 3.94. The van der Waals surface area contributed by atoms with Crippen molar-refractivity contribution in [3.63, 3.8) is 0 Å². The van der Waals surface area contributed by atoms with Crippen LogP contribution >= 0.6 is 0 Å². The number of carbonyl (C=O) groups is 1. The molecule has 0 radical (unpaired) electrons. The van der Waals surface area contributed by atoms with E-state index < -0.39 is 11.1 Å². The fraction of sp³-hybridized carbons (Fsp3) is 0.353. The summed E-state index contributed by atoms with van der Waals surface area (Å²) < 4.78 is 0. The molecule has 1 fully saturated rings. The Labute approximate surface area is 140 Å². The molecule has 1 aromatic carbocycles. The Morgan fingerprint density at radius 1 is 1.08 bits per heavy atom. The SMILES string of the molecule is O=C(c1ccnc(-c2ccc(CN3CCCCC3)cc2)n1)N(O)O. The highest BCUT2D eigenvalue weighted by molar-refractivity contribution is 5.90. The Morgan fingerprint density at radius 3 is 2.46 bits per heavy atom. The van der Waals surface area contributed by atoms with Crippen LogP contribution in [0.1, 0.15) is 35.3 Å². The Bertz CT molecular complexity index is 697. The van der Waals surface area contributed by atoms with E-state index >= 15 is 0 Å². The van der Waals surface area contributed by atoms with Gasteiger partial charge >= 0.3 is 5.91 Å². The van der Waals surface area contributed by atoms with Crippen molar-refractivity contribution in [2.45, 2.75) is 25.8 Å². The first-order valence-electron chi connectivity index (χ1n) is 8.00. The van der Waals surface area contributed by atoms with Crippen molar-refractivity contribution in [2.24, 2.45) is 0 Å². The lowest BCUT2D eigenvalue weighted by Gasteiger charge is -2.26. The fourth-order valence-corrected chi connectivity index (χ4v) is 2.85. The number of hydrogen-bond acceptors (Lipinski definition) is 6. The van der Waals surface area contributed by atoms with Gasteiger partial charge in [0.05, 0.1) is 0 Å². The van der Waals surface area contributed by atoms with E-state index in [0.29, 0.717) is 5.82 Å². The first kappa shape index (κ1) is 16.5. The van der Waals surface area contributed by atoms with E-state index in [1.165, 1.54) is 37.1 Å². The Kier molecular flexibility index (Phi) is 5.14. The molecule has 2 N–H and O–H groups in total. The molecule has 0 atom stereocenters. The maximum atomic E-state index is 11.5. The van der Waals surface area contributed by atoms with Gasteiger partial charge in [-0.15, -0.1) is 0 Å². The summed E-state index contributed by atoms with van der Waals surface area (Å²) >= 11 is 0. The van der Waals surface area contributed by atoms with Crippen molar-refractivity contribution >= 4 is 5.91 Å². The molecule has 0 aliphatic carbocycles. The number of rotatable bonds is 4. The van der Waals surface area contributed by atoms with Crippen molar-refractivity contribution in [2.75, 3.05) is 13.1 Å². The van der Waals surface area contributed by atoms with Crippen molar-refractivity contribution in [3.8, 4) is 11.4 Å². The first-order chi connectivity index (χ1) is 11.6. The van der Waals surface area contributed by atoms with Crippen LogP contribution in [0.15, 0.2) is 36.5 Å². The van der Waals surface area contributed by atoms with E-state index in [0.717, 1.165) is 25.2 Å². The van der Waals surface area contributed by atoms with Gasteiger partial charge in [-0.2, -0.15) is 0 Å². The van der Waals surface area contributed by atoms with Gasteiger partial charge in [-0.05, 0) is 37.6 Å². The number of aromatic nitrogens is 2. The van der Waals surface area contributed by atoms with E-state index in [-0.39, 0.29) is 5.69 Å². The highest BCUT2D eigenvalue weighted by atomic mass is 16.8. The van der Waals surface area contributed by atoms with E-state index in [1.807, 2.05) is 24.3 Å². The Morgan fingerprint density at radius 2 is 1.79 bits per heavy atom. The van der Waals surface area contributed by atoms with Gasteiger partial charge in [-0.1, -0.05) is 35.9 Å². The lowest BCUT2D eigenvalue weighted by molar-refractivity contribution is -0.260. The van der Waals surface area contributed by atoms with Crippen LogP contribution in [0.2, 0.25) is 0 Å². The fourth-order valence-electron chi connectivity index (χ4n) is 2.85. The molecule has 24 heavy (non-hydrogen) atoms. The van der Waals surface area contributed by atoms with Crippen LogP contribution in [0.4, 0.5) is 0 Å². The molecule has 0 saturated carbocycles. The molecule has 1 amide bonds. The summed E-state index contributed by atoms with van der Waals surface area (Å²) in [5.41, 5.74) is 1.92. The summed E-state index contributed by atoms with van der Waals surface area (Å²) in [6.45, 7) is 3.23. The van der Waals surface area contributed by atoms with Crippen LogP contribution in [-0.4, -0.2) is 49.5 Å². The van der Waals surface area contributed by atoms with Crippen molar-refractivity contribution < 1.29 is 15.2 Å². The van der Waals surface area contributed by atoms with Crippen LogP contribution in [0, 0.1) is 0 Å². The Hall–Kier alpha value is -2.35. The molecule has 2 aromatic rings. The number of piperidine rings is 1. The Balaban J connectivity index is 1.73. The minimum atomic E-state index is -1.000. The van der Waals surface area contributed by atoms with E-state index in [1.54, 1.807) is 0 Å². The third-order valence-electron chi connectivity index (χ3n) is 4.12. The summed E-state index contributed by atoms with van der Waals surface area (Å²) in [4.78, 5) is 22.2. The van der Waals surface area contributed by atoms with Gasteiger partial charge in [0.1, 0.15) is 5.69 Å². The minimum absolute atomic E-state index is 0.0811.